The van der Waals surface area contributed by atoms with Crippen LogP contribution >= 0.6 is 0 Å². The lowest BCUT2D eigenvalue weighted by Crippen LogP contribution is -2.33. The Morgan fingerprint density at radius 2 is 2.03 bits per heavy atom. The molecule has 0 spiro atoms. The Hall–Kier alpha value is -3.19. The Morgan fingerprint density at radius 3 is 2.73 bits per heavy atom. The molecule has 1 amide bonds. The smallest absolute Gasteiger partial charge is 0.295 e. The number of rotatable bonds is 8. The van der Waals surface area contributed by atoms with Gasteiger partial charge in [0.15, 0.2) is 0 Å². The van der Waals surface area contributed by atoms with Crippen LogP contribution in [0.5, 0.6) is 5.75 Å². The van der Waals surface area contributed by atoms with E-state index in [1.165, 1.54) is 0 Å². The SMILES string of the molecule is CCN(CC)CCCN1C(=O)C(=O)/C(=C(\O)c2ccc3c(c2)C[C@H](C)O3)[C@H]1c1cccnc1. The monoisotopic (exact) mass is 449 g/mol. The minimum atomic E-state index is -0.668. The maximum Gasteiger partial charge on any atom is 0.295 e. The van der Waals surface area contributed by atoms with Crippen molar-refractivity contribution in [1.29, 1.82) is 0 Å². The van der Waals surface area contributed by atoms with Crippen LogP contribution < -0.4 is 4.74 Å². The van der Waals surface area contributed by atoms with Crippen molar-refractivity contribution in [2.45, 2.75) is 45.8 Å². The number of nitrogens with zero attached hydrogens (tertiary/aromatic N) is 3. The molecule has 33 heavy (non-hydrogen) atoms. The fraction of sp³-hybridized carbons (Fsp3) is 0.423. The van der Waals surface area contributed by atoms with Gasteiger partial charge >= 0.3 is 0 Å². The normalized spacial score (nSPS) is 21.5. The Balaban J connectivity index is 1.71. The van der Waals surface area contributed by atoms with E-state index in [0.717, 1.165) is 43.8 Å². The maximum absolute atomic E-state index is 13.1. The van der Waals surface area contributed by atoms with Crippen molar-refractivity contribution in [3.8, 4) is 5.75 Å². The van der Waals surface area contributed by atoms with Crippen LogP contribution in [0.3, 0.4) is 0 Å². The summed E-state index contributed by atoms with van der Waals surface area (Å²) in [5, 5.41) is 11.3. The number of carbonyl (C=O) groups is 2. The lowest BCUT2D eigenvalue weighted by molar-refractivity contribution is -0.140. The Morgan fingerprint density at radius 1 is 1.24 bits per heavy atom. The number of benzene rings is 1. The van der Waals surface area contributed by atoms with Crippen molar-refractivity contribution in [3.63, 3.8) is 0 Å². The summed E-state index contributed by atoms with van der Waals surface area (Å²) in [4.78, 5) is 34.3. The van der Waals surface area contributed by atoms with Gasteiger partial charge in [-0.25, -0.2) is 0 Å². The van der Waals surface area contributed by atoms with Gasteiger partial charge in [-0.3, -0.25) is 14.6 Å². The predicted octanol–water partition coefficient (Wildman–Crippen LogP) is 3.56. The summed E-state index contributed by atoms with van der Waals surface area (Å²) < 4.78 is 5.76. The largest absolute Gasteiger partial charge is 0.507 e. The first kappa shape index (κ1) is 23.0. The summed E-state index contributed by atoms with van der Waals surface area (Å²) in [7, 11) is 0. The molecule has 1 fully saturated rings. The molecule has 7 nitrogen and oxygen atoms in total. The van der Waals surface area contributed by atoms with Crippen molar-refractivity contribution < 1.29 is 19.4 Å². The van der Waals surface area contributed by atoms with E-state index in [1.54, 1.807) is 29.4 Å². The second-order valence-corrected chi connectivity index (χ2v) is 8.61. The van der Waals surface area contributed by atoms with Crippen LogP contribution in [0, 0.1) is 0 Å². The van der Waals surface area contributed by atoms with Crippen molar-refractivity contribution in [2.24, 2.45) is 0 Å². The van der Waals surface area contributed by atoms with E-state index >= 15 is 0 Å². The fourth-order valence-corrected chi connectivity index (χ4v) is 4.72. The third-order valence-electron chi connectivity index (χ3n) is 6.48. The van der Waals surface area contributed by atoms with E-state index in [0.29, 0.717) is 17.7 Å². The van der Waals surface area contributed by atoms with Crippen LogP contribution in [-0.2, 0) is 16.0 Å². The molecule has 1 aromatic heterocycles. The van der Waals surface area contributed by atoms with Gasteiger partial charge in [-0.05, 0) is 68.4 Å². The number of aliphatic hydroxyl groups is 1. The van der Waals surface area contributed by atoms with Crippen LogP contribution in [0.4, 0.5) is 0 Å². The van der Waals surface area contributed by atoms with E-state index < -0.39 is 17.7 Å². The van der Waals surface area contributed by atoms with Gasteiger partial charge in [0.1, 0.15) is 17.6 Å². The summed E-state index contributed by atoms with van der Waals surface area (Å²) in [6.07, 6.45) is 4.85. The van der Waals surface area contributed by atoms with Gasteiger partial charge in [-0.1, -0.05) is 19.9 Å². The number of hydrogen-bond donors (Lipinski definition) is 1. The highest BCUT2D eigenvalue weighted by Gasteiger charge is 2.46. The molecule has 2 aliphatic rings. The first-order chi connectivity index (χ1) is 15.9. The van der Waals surface area contributed by atoms with Crippen molar-refractivity contribution >= 4 is 17.4 Å². The first-order valence-corrected chi connectivity index (χ1v) is 11.6. The average molecular weight is 450 g/mol. The van der Waals surface area contributed by atoms with Crippen LogP contribution in [0.1, 0.15) is 49.9 Å². The summed E-state index contributed by atoms with van der Waals surface area (Å²) in [6, 6.07) is 8.35. The summed E-state index contributed by atoms with van der Waals surface area (Å²) >= 11 is 0. The van der Waals surface area contributed by atoms with Crippen molar-refractivity contribution in [1.82, 2.24) is 14.8 Å². The molecule has 0 radical (unpaired) electrons. The summed E-state index contributed by atoms with van der Waals surface area (Å²) in [5.74, 6) is -0.604. The molecule has 0 aliphatic carbocycles. The molecule has 1 N–H and O–H groups in total. The summed E-state index contributed by atoms with van der Waals surface area (Å²) in [6.45, 7) is 9.32. The molecule has 3 heterocycles. The number of hydrogen-bond acceptors (Lipinski definition) is 6. The van der Waals surface area contributed by atoms with Gasteiger partial charge in [0, 0.05) is 30.9 Å². The van der Waals surface area contributed by atoms with E-state index in [-0.39, 0.29) is 17.4 Å². The van der Waals surface area contributed by atoms with E-state index in [4.69, 9.17) is 4.74 Å². The molecule has 2 aliphatic heterocycles. The van der Waals surface area contributed by atoms with Gasteiger partial charge in [0.2, 0.25) is 0 Å². The quantitative estimate of drug-likeness (QED) is 0.377. The molecule has 1 aromatic carbocycles. The number of pyridine rings is 1. The number of ketones is 1. The minimum Gasteiger partial charge on any atom is -0.507 e. The van der Waals surface area contributed by atoms with Gasteiger partial charge in [0.05, 0.1) is 11.6 Å². The van der Waals surface area contributed by atoms with E-state index in [2.05, 4.69) is 23.7 Å². The molecule has 0 bridgehead atoms. The average Bonchev–Trinajstić information content (AvgIpc) is 3.32. The topological polar surface area (TPSA) is 83.0 Å². The fourth-order valence-electron chi connectivity index (χ4n) is 4.72. The second-order valence-electron chi connectivity index (χ2n) is 8.61. The minimum absolute atomic E-state index is 0.0733. The Labute approximate surface area is 194 Å². The third-order valence-corrected chi connectivity index (χ3v) is 6.48. The van der Waals surface area contributed by atoms with Crippen LogP contribution in [0.15, 0.2) is 48.3 Å². The van der Waals surface area contributed by atoms with Crippen LogP contribution in [-0.4, -0.2) is 63.9 Å². The third kappa shape index (κ3) is 4.50. The molecule has 7 heteroatoms. The highest BCUT2D eigenvalue weighted by Crippen LogP contribution is 2.40. The van der Waals surface area contributed by atoms with Gasteiger partial charge in [-0.15, -0.1) is 0 Å². The zero-order chi connectivity index (χ0) is 23.5. The standard InChI is InChI=1S/C26H31N3O4/c1-4-28(5-2)12-7-13-29-23(19-8-6-11-27-16-19)22(25(31)26(29)32)24(30)18-9-10-21-20(15-18)14-17(3)33-21/h6,8-11,15-17,23,30H,4-5,7,12-14H2,1-3H3/b24-22-/t17-,23+/m0/s1. The lowest BCUT2D eigenvalue weighted by atomic mass is 9.95. The molecule has 0 unspecified atom stereocenters. The molecule has 2 aromatic rings. The Bertz CT molecular complexity index is 1060. The van der Waals surface area contributed by atoms with Gasteiger partial charge in [0.25, 0.3) is 11.7 Å². The number of carbonyl (C=O) groups excluding carboxylic acids is 2. The van der Waals surface area contributed by atoms with Crippen molar-refractivity contribution in [2.75, 3.05) is 26.2 Å². The number of amides is 1. The number of fused-ring (bicyclic) bond motifs is 1. The molecule has 0 saturated carbocycles. The second kappa shape index (κ2) is 9.75. The number of Topliss-reactive ketones (excluding diaryl/α,β-unsaturated/α-hetero) is 1. The Kier molecular flexibility index (Phi) is 6.79. The molecule has 1 saturated heterocycles. The number of aliphatic hydroxyl groups excluding tert-OH is 1. The zero-order valence-electron chi connectivity index (χ0n) is 19.5. The molecular weight excluding hydrogens is 418 g/mol. The molecular formula is C26H31N3O4. The molecule has 174 valence electrons. The van der Waals surface area contributed by atoms with E-state index in [9.17, 15) is 14.7 Å². The first-order valence-electron chi connectivity index (χ1n) is 11.6. The van der Waals surface area contributed by atoms with E-state index in [1.807, 2.05) is 25.1 Å². The number of ether oxygens (including phenoxy) is 1. The van der Waals surface area contributed by atoms with Gasteiger partial charge < -0.3 is 19.6 Å². The highest BCUT2D eigenvalue weighted by atomic mass is 16.5. The summed E-state index contributed by atoms with van der Waals surface area (Å²) in [5.41, 5.74) is 2.32. The number of likely N-dealkylation sites (tertiary alicyclic amines) is 1. The van der Waals surface area contributed by atoms with Crippen molar-refractivity contribution in [3.05, 3.63) is 65.0 Å². The zero-order valence-corrected chi connectivity index (χ0v) is 19.5. The maximum atomic E-state index is 13.1. The van der Waals surface area contributed by atoms with Crippen LogP contribution in [0.25, 0.3) is 5.76 Å². The lowest BCUT2D eigenvalue weighted by Gasteiger charge is -2.26. The molecule has 4 rings (SSSR count). The predicted molar refractivity (Wildman–Crippen MR) is 126 cm³/mol. The molecule has 2 atom stereocenters. The number of aromatic nitrogens is 1. The highest BCUT2D eigenvalue weighted by molar-refractivity contribution is 6.46. The van der Waals surface area contributed by atoms with Gasteiger partial charge in [-0.2, -0.15) is 0 Å². The van der Waals surface area contributed by atoms with Crippen LogP contribution in [0.2, 0.25) is 0 Å².